The number of hydrogen-bond acceptors (Lipinski definition) is 5. The third-order valence-electron chi connectivity index (χ3n) is 2.72. The molecule has 0 spiro atoms. The summed E-state index contributed by atoms with van der Waals surface area (Å²) in [5, 5.41) is 4.10. The zero-order valence-electron chi connectivity index (χ0n) is 10.8. The van der Waals surface area contributed by atoms with E-state index < -0.39 is 0 Å². The van der Waals surface area contributed by atoms with Crippen LogP contribution in [0.15, 0.2) is 45.3 Å². The molecule has 0 aromatic carbocycles. The highest BCUT2D eigenvalue weighted by molar-refractivity contribution is 7.99. The molecule has 0 saturated carbocycles. The molecule has 5 nitrogen and oxygen atoms in total. The minimum absolute atomic E-state index is 0.835. The van der Waals surface area contributed by atoms with E-state index in [4.69, 9.17) is 4.42 Å². The lowest BCUT2D eigenvalue weighted by molar-refractivity contribution is 0.527. The van der Waals surface area contributed by atoms with Crippen LogP contribution in [0.1, 0.15) is 12.7 Å². The standard InChI is InChI=1S/C13H14N4OS/c1-3-14-11-8-17-6-5-15-12(17)13(16-11)19-10-4-7-18-9(10)2/h4-8,14H,3H2,1-2H3. The number of furan rings is 1. The van der Waals surface area contributed by atoms with E-state index in [1.807, 2.05) is 36.7 Å². The van der Waals surface area contributed by atoms with Crippen LogP contribution in [0.4, 0.5) is 5.82 Å². The van der Waals surface area contributed by atoms with Gasteiger partial charge in [0.05, 0.1) is 17.4 Å². The fraction of sp³-hybridized carbons (Fsp3) is 0.231. The van der Waals surface area contributed by atoms with Crippen LogP contribution in [0.2, 0.25) is 0 Å². The monoisotopic (exact) mass is 274 g/mol. The van der Waals surface area contributed by atoms with Gasteiger partial charge >= 0.3 is 0 Å². The molecule has 1 N–H and O–H groups in total. The lowest BCUT2D eigenvalue weighted by Crippen LogP contribution is -2.02. The molecule has 3 aromatic heterocycles. The van der Waals surface area contributed by atoms with E-state index in [0.717, 1.165) is 33.7 Å². The van der Waals surface area contributed by atoms with Crippen molar-refractivity contribution in [1.29, 1.82) is 0 Å². The van der Waals surface area contributed by atoms with Crippen molar-refractivity contribution in [3.63, 3.8) is 0 Å². The van der Waals surface area contributed by atoms with Gasteiger partial charge in [-0.3, -0.25) is 0 Å². The van der Waals surface area contributed by atoms with Crippen LogP contribution in [-0.2, 0) is 0 Å². The molecule has 0 aliphatic rings. The molecule has 0 aliphatic heterocycles. The predicted octanol–water partition coefficient (Wildman–Crippen LogP) is 3.21. The molecule has 0 unspecified atom stereocenters. The van der Waals surface area contributed by atoms with Gasteiger partial charge in [-0.1, -0.05) is 11.8 Å². The number of rotatable bonds is 4. The smallest absolute Gasteiger partial charge is 0.170 e. The minimum Gasteiger partial charge on any atom is -0.468 e. The van der Waals surface area contributed by atoms with Crippen LogP contribution >= 0.6 is 11.8 Å². The van der Waals surface area contributed by atoms with Gasteiger partial charge in [0, 0.05) is 18.9 Å². The fourth-order valence-corrected chi connectivity index (χ4v) is 2.74. The first-order valence-electron chi connectivity index (χ1n) is 6.07. The molecule has 3 aromatic rings. The maximum Gasteiger partial charge on any atom is 0.170 e. The molecular weight excluding hydrogens is 260 g/mol. The molecule has 6 heteroatoms. The van der Waals surface area contributed by atoms with E-state index >= 15 is 0 Å². The van der Waals surface area contributed by atoms with Crippen molar-refractivity contribution in [2.24, 2.45) is 0 Å². The van der Waals surface area contributed by atoms with Crippen molar-refractivity contribution in [1.82, 2.24) is 14.4 Å². The van der Waals surface area contributed by atoms with Gasteiger partial charge in [0.2, 0.25) is 0 Å². The Kier molecular flexibility index (Phi) is 3.16. The van der Waals surface area contributed by atoms with Gasteiger partial charge in [-0.2, -0.15) is 0 Å². The van der Waals surface area contributed by atoms with E-state index in [0.29, 0.717) is 0 Å². The van der Waals surface area contributed by atoms with E-state index in [2.05, 4.69) is 15.3 Å². The van der Waals surface area contributed by atoms with Gasteiger partial charge < -0.3 is 14.1 Å². The lowest BCUT2D eigenvalue weighted by atomic mass is 10.5. The van der Waals surface area contributed by atoms with Crippen LogP contribution in [0.25, 0.3) is 5.65 Å². The zero-order valence-corrected chi connectivity index (χ0v) is 11.6. The number of hydrogen-bond donors (Lipinski definition) is 1. The van der Waals surface area contributed by atoms with Crippen LogP contribution in [-0.4, -0.2) is 20.9 Å². The maximum atomic E-state index is 5.32. The highest BCUT2D eigenvalue weighted by atomic mass is 32.2. The number of aromatic nitrogens is 3. The molecule has 3 rings (SSSR count). The molecule has 0 atom stereocenters. The number of anilines is 1. The first-order chi connectivity index (χ1) is 9.28. The van der Waals surface area contributed by atoms with Crippen molar-refractivity contribution < 1.29 is 4.42 Å². The topological polar surface area (TPSA) is 55.4 Å². The van der Waals surface area contributed by atoms with Gasteiger partial charge in [0.15, 0.2) is 5.65 Å². The fourth-order valence-electron chi connectivity index (χ4n) is 1.82. The van der Waals surface area contributed by atoms with Crippen molar-refractivity contribution in [2.45, 2.75) is 23.8 Å². The number of nitrogens with one attached hydrogen (secondary N) is 1. The summed E-state index contributed by atoms with van der Waals surface area (Å²) >= 11 is 1.57. The van der Waals surface area contributed by atoms with E-state index in [1.165, 1.54) is 0 Å². The minimum atomic E-state index is 0.835. The normalized spacial score (nSPS) is 11.1. The Hall–Kier alpha value is -1.95. The number of aryl methyl sites for hydroxylation is 1. The highest BCUT2D eigenvalue weighted by Crippen LogP contribution is 2.32. The molecule has 19 heavy (non-hydrogen) atoms. The summed E-state index contributed by atoms with van der Waals surface area (Å²) in [6.07, 6.45) is 7.33. The largest absolute Gasteiger partial charge is 0.468 e. The van der Waals surface area contributed by atoms with Crippen molar-refractivity contribution in [3.05, 3.63) is 36.7 Å². The van der Waals surface area contributed by atoms with Gasteiger partial charge in [0.25, 0.3) is 0 Å². The Labute approximate surface area is 115 Å². The first kappa shape index (κ1) is 12.1. The molecule has 0 saturated heterocycles. The highest BCUT2D eigenvalue weighted by Gasteiger charge is 2.11. The Bertz CT molecular complexity index is 704. The molecular formula is C13H14N4OS. The summed E-state index contributed by atoms with van der Waals surface area (Å²) in [4.78, 5) is 10.0. The summed E-state index contributed by atoms with van der Waals surface area (Å²) in [6, 6.07) is 1.95. The van der Waals surface area contributed by atoms with Crippen molar-refractivity contribution in [2.75, 3.05) is 11.9 Å². The van der Waals surface area contributed by atoms with E-state index in [9.17, 15) is 0 Å². The molecule has 0 aliphatic carbocycles. The Morgan fingerprint density at radius 1 is 1.47 bits per heavy atom. The van der Waals surface area contributed by atoms with Gasteiger partial charge in [-0.25, -0.2) is 9.97 Å². The van der Waals surface area contributed by atoms with Crippen molar-refractivity contribution in [3.8, 4) is 0 Å². The molecule has 0 radical (unpaired) electrons. The number of imidazole rings is 1. The van der Waals surface area contributed by atoms with Gasteiger partial charge in [-0.05, 0) is 19.9 Å². The molecule has 0 amide bonds. The van der Waals surface area contributed by atoms with Crippen LogP contribution in [0, 0.1) is 6.92 Å². The van der Waals surface area contributed by atoms with Gasteiger partial charge in [-0.15, -0.1) is 0 Å². The number of nitrogens with zero attached hydrogens (tertiary/aromatic N) is 3. The number of fused-ring (bicyclic) bond motifs is 1. The molecule has 0 bridgehead atoms. The second-order valence-corrected chi connectivity index (χ2v) is 5.09. The third-order valence-corrected chi connectivity index (χ3v) is 3.83. The molecule has 3 heterocycles. The second-order valence-electron chi connectivity index (χ2n) is 4.06. The molecule has 98 valence electrons. The summed E-state index contributed by atoms with van der Waals surface area (Å²) < 4.78 is 7.29. The predicted molar refractivity (Wildman–Crippen MR) is 74.7 cm³/mol. The zero-order chi connectivity index (χ0) is 13.2. The summed E-state index contributed by atoms with van der Waals surface area (Å²) in [5.41, 5.74) is 0.854. The SMILES string of the molecule is CCNc1cn2ccnc2c(Sc2ccoc2C)n1. The van der Waals surface area contributed by atoms with Crippen LogP contribution in [0.3, 0.4) is 0 Å². The summed E-state index contributed by atoms with van der Waals surface area (Å²) in [6.45, 7) is 4.83. The maximum absolute atomic E-state index is 5.32. The van der Waals surface area contributed by atoms with Crippen LogP contribution in [0.5, 0.6) is 0 Å². The quantitative estimate of drug-likeness (QED) is 0.791. The average Bonchev–Trinajstić information content (AvgIpc) is 3.00. The van der Waals surface area contributed by atoms with Gasteiger partial charge in [0.1, 0.15) is 16.6 Å². The Morgan fingerprint density at radius 2 is 2.37 bits per heavy atom. The molecule has 0 fully saturated rings. The summed E-state index contributed by atoms with van der Waals surface area (Å²) in [5.74, 6) is 1.74. The first-order valence-corrected chi connectivity index (χ1v) is 6.89. The van der Waals surface area contributed by atoms with E-state index in [-0.39, 0.29) is 0 Å². The summed E-state index contributed by atoms with van der Waals surface area (Å²) in [7, 11) is 0. The average molecular weight is 274 g/mol. The Morgan fingerprint density at radius 3 is 3.11 bits per heavy atom. The third kappa shape index (κ3) is 2.31. The second kappa shape index (κ2) is 4.97. The van der Waals surface area contributed by atoms with Crippen LogP contribution < -0.4 is 5.32 Å². The van der Waals surface area contributed by atoms with E-state index in [1.54, 1.807) is 24.2 Å². The van der Waals surface area contributed by atoms with Crippen molar-refractivity contribution >= 4 is 23.2 Å². The Balaban J connectivity index is 2.05. The lowest BCUT2D eigenvalue weighted by Gasteiger charge is -2.07.